The second-order valence-corrected chi connectivity index (χ2v) is 7.39. The summed E-state index contributed by atoms with van der Waals surface area (Å²) in [7, 11) is 0. The lowest BCUT2D eigenvalue weighted by Crippen LogP contribution is -2.53. The van der Waals surface area contributed by atoms with Crippen LogP contribution in [-0.4, -0.2) is 5.78 Å². The molecule has 0 radical (unpaired) electrons. The van der Waals surface area contributed by atoms with Gasteiger partial charge in [0, 0.05) is 5.41 Å². The molecule has 0 aliphatic heterocycles. The van der Waals surface area contributed by atoms with Crippen molar-refractivity contribution in [3.05, 3.63) is 24.2 Å². The Morgan fingerprint density at radius 1 is 1.28 bits per heavy atom. The molecule has 96 valence electrons. The van der Waals surface area contributed by atoms with Crippen molar-refractivity contribution in [2.75, 3.05) is 0 Å². The molecule has 18 heavy (non-hydrogen) atoms. The van der Waals surface area contributed by atoms with Crippen molar-refractivity contribution < 1.29 is 9.21 Å². The summed E-state index contributed by atoms with van der Waals surface area (Å²) in [6, 6.07) is 1.84. The lowest BCUT2D eigenvalue weighted by Gasteiger charge is -2.60. The first-order valence-corrected chi connectivity index (χ1v) is 7.16. The average molecular weight is 244 g/mol. The smallest absolute Gasteiger partial charge is 0.172 e. The lowest BCUT2D eigenvalue weighted by molar-refractivity contribution is -0.0820. The van der Waals surface area contributed by atoms with Crippen LogP contribution in [0.5, 0.6) is 0 Å². The van der Waals surface area contributed by atoms with Crippen LogP contribution in [-0.2, 0) is 0 Å². The first-order chi connectivity index (χ1) is 8.59. The maximum Gasteiger partial charge on any atom is 0.172 e. The minimum atomic E-state index is -0.0529. The van der Waals surface area contributed by atoms with E-state index in [9.17, 15) is 4.79 Å². The van der Waals surface area contributed by atoms with Crippen LogP contribution in [0.2, 0.25) is 0 Å². The van der Waals surface area contributed by atoms with Gasteiger partial charge in [-0.1, -0.05) is 6.92 Å². The van der Waals surface area contributed by atoms with Gasteiger partial charge in [0.15, 0.2) is 5.78 Å². The maximum absolute atomic E-state index is 12.8. The molecule has 0 aromatic carbocycles. The van der Waals surface area contributed by atoms with E-state index in [4.69, 9.17) is 4.42 Å². The predicted molar refractivity (Wildman–Crippen MR) is 68.3 cm³/mol. The highest BCUT2D eigenvalue weighted by molar-refractivity contribution is 6.00. The van der Waals surface area contributed by atoms with Gasteiger partial charge >= 0.3 is 0 Å². The highest BCUT2D eigenvalue weighted by Gasteiger charge is 2.58. The second kappa shape index (κ2) is 3.28. The number of carbonyl (C=O) groups is 1. The topological polar surface area (TPSA) is 30.2 Å². The highest BCUT2D eigenvalue weighted by atomic mass is 16.3. The minimum absolute atomic E-state index is 0.0529. The Kier molecular flexibility index (Phi) is 1.98. The normalized spacial score (nSPS) is 45.4. The van der Waals surface area contributed by atoms with Gasteiger partial charge in [0.2, 0.25) is 0 Å². The van der Waals surface area contributed by atoms with Crippen LogP contribution in [0.4, 0.5) is 0 Å². The number of carbonyl (C=O) groups excluding carboxylic acids is 1. The molecular weight excluding hydrogens is 224 g/mol. The van der Waals surface area contributed by atoms with E-state index in [1.54, 1.807) is 12.5 Å². The molecule has 0 spiro atoms. The number of hydrogen-bond donors (Lipinski definition) is 0. The van der Waals surface area contributed by atoms with Crippen LogP contribution in [0.15, 0.2) is 23.0 Å². The van der Waals surface area contributed by atoms with E-state index in [0.717, 1.165) is 36.7 Å². The lowest BCUT2D eigenvalue weighted by atomic mass is 9.43. The molecule has 4 saturated carbocycles. The van der Waals surface area contributed by atoms with Gasteiger partial charge in [-0.2, -0.15) is 0 Å². The van der Waals surface area contributed by atoms with Crippen LogP contribution in [0, 0.1) is 22.7 Å². The standard InChI is InChI=1S/C16H20O2/c1-15-5-11-4-12(6-15)8-16(7-11,10-15)14(17)13-2-3-18-9-13/h2-3,9,11-12H,4-8,10H2,1H3. The third kappa shape index (κ3) is 1.38. The summed E-state index contributed by atoms with van der Waals surface area (Å²) in [5, 5.41) is 0. The van der Waals surface area contributed by atoms with Crippen molar-refractivity contribution in [2.45, 2.75) is 45.4 Å². The number of Topliss-reactive ketones (excluding diaryl/α,β-unsaturated/α-hetero) is 1. The molecule has 4 aliphatic carbocycles. The molecule has 4 fully saturated rings. The van der Waals surface area contributed by atoms with Crippen molar-refractivity contribution in [3.8, 4) is 0 Å². The van der Waals surface area contributed by atoms with E-state index in [1.165, 1.54) is 19.3 Å². The van der Waals surface area contributed by atoms with E-state index in [2.05, 4.69) is 6.92 Å². The van der Waals surface area contributed by atoms with E-state index in [0.29, 0.717) is 11.2 Å². The third-order valence-corrected chi connectivity index (χ3v) is 5.62. The van der Waals surface area contributed by atoms with Gasteiger partial charge in [0.25, 0.3) is 0 Å². The van der Waals surface area contributed by atoms with Crippen molar-refractivity contribution >= 4 is 5.78 Å². The Hall–Kier alpha value is -1.05. The zero-order valence-electron chi connectivity index (χ0n) is 10.9. The summed E-state index contributed by atoms with van der Waals surface area (Å²) in [5.74, 6) is 1.95. The molecule has 5 rings (SSSR count). The first kappa shape index (κ1) is 10.8. The Labute approximate surface area is 108 Å². The maximum atomic E-state index is 12.8. The van der Waals surface area contributed by atoms with Crippen molar-refractivity contribution in [3.63, 3.8) is 0 Å². The van der Waals surface area contributed by atoms with E-state index >= 15 is 0 Å². The molecule has 2 unspecified atom stereocenters. The summed E-state index contributed by atoms with van der Waals surface area (Å²) in [6.07, 6.45) is 10.7. The quantitative estimate of drug-likeness (QED) is 0.734. The number of hydrogen-bond acceptors (Lipinski definition) is 2. The fraction of sp³-hybridized carbons (Fsp3) is 0.688. The molecular formula is C16H20O2. The summed E-state index contributed by atoms with van der Waals surface area (Å²) in [6.45, 7) is 2.40. The average Bonchev–Trinajstić information content (AvgIpc) is 2.77. The molecule has 1 aromatic rings. The van der Waals surface area contributed by atoms with Gasteiger partial charge < -0.3 is 4.42 Å². The number of rotatable bonds is 2. The second-order valence-electron chi connectivity index (χ2n) is 7.39. The molecule has 0 saturated heterocycles. The van der Waals surface area contributed by atoms with Crippen molar-refractivity contribution in [1.29, 1.82) is 0 Å². The minimum Gasteiger partial charge on any atom is -0.472 e. The molecule has 1 heterocycles. The van der Waals surface area contributed by atoms with E-state index in [-0.39, 0.29) is 5.41 Å². The predicted octanol–water partition coefficient (Wildman–Crippen LogP) is 4.07. The SMILES string of the molecule is CC12CC3CC(C1)CC(C(=O)c1ccoc1)(C3)C2. The number of ketones is 1. The summed E-state index contributed by atoms with van der Waals surface area (Å²) >= 11 is 0. The molecule has 2 nitrogen and oxygen atoms in total. The van der Waals surface area contributed by atoms with E-state index in [1.807, 2.05) is 6.07 Å². The van der Waals surface area contributed by atoms with Crippen LogP contribution in [0.3, 0.4) is 0 Å². The zero-order valence-corrected chi connectivity index (χ0v) is 10.9. The van der Waals surface area contributed by atoms with Gasteiger partial charge in [0.05, 0.1) is 11.8 Å². The molecule has 0 amide bonds. The third-order valence-electron chi connectivity index (χ3n) is 5.62. The largest absolute Gasteiger partial charge is 0.472 e. The van der Waals surface area contributed by atoms with Crippen LogP contribution in [0.1, 0.15) is 55.8 Å². The van der Waals surface area contributed by atoms with Crippen LogP contribution >= 0.6 is 0 Å². The fourth-order valence-corrected chi connectivity index (χ4v) is 5.69. The summed E-state index contributed by atoms with van der Waals surface area (Å²) < 4.78 is 5.10. The van der Waals surface area contributed by atoms with Gasteiger partial charge in [-0.3, -0.25) is 4.79 Å². The molecule has 4 aliphatic rings. The summed E-state index contributed by atoms with van der Waals surface area (Å²) in [5.41, 5.74) is 1.17. The van der Waals surface area contributed by atoms with E-state index < -0.39 is 0 Å². The van der Waals surface area contributed by atoms with Gasteiger partial charge in [-0.25, -0.2) is 0 Å². The Balaban J connectivity index is 1.73. The monoisotopic (exact) mass is 244 g/mol. The first-order valence-electron chi connectivity index (χ1n) is 7.16. The van der Waals surface area contributed by atoms with Crippen LogP contribution in [0.25, 0.3) is 0 Å². The van der Waals surface area contributed by atoms with Gasteiger partial charge in [-0.05, 0) is 61.8 Å². The van der Waals surface area contributed by atoms with Crippen molar-refractivity contribution in [1.82, 2.24) is 0 Å². The Bertz CT molecular complexity index is 471. The number of furan rings is 1. The summed E-state index contributed by atoms with van der Waals surface area (Å²) in [4.78, 5) is 12.8. The van der Waals surface area contributed by atoms with Crippen LogP contribution < -0.4 is 0 Å². The zero-order chi connectivity index (χ0) is 12.4. The van der Waals surface area contributed by atoms with Gasteiger partial charge in [0.1, 0.15) is 6.26 Å². The molecule has 2 heteroatoms. The molecule has 4 bridgehead atoms. The molecule has 2 atom stereocenters. The molecule has 1 aromatic heterocycles. The van der Waals surface area contributed by atoms with Gasteiger partial charge in [-0.15, -0.1) is 0 Å². The highest BCUT2D eigenvalue weighted by Crippen LogP contribution is 2.65. The fourth-order valence-electron chi connectivity index (χ4n) is 5.69. The molecule has 0 N–H and O–H groups in total. The Morgan fingerprint density at radius 3 is 2.56 bits per heavy atom. The Morgan fingerprint density at radius 2 is 2.00 bits per heavy atom. The van der Waals surface area contributed by atoms with Crippen molar-refractivity contribution in [2.24, 2.45) is 22.7 Å².